The van der Waals surface area contributed by atoms with Crippen molar-refractivity contribution in [2.45, 2.75) is 51.4 Å². The molecule has 4 nitrogen and oxygen atoms in total. The molecule has 0 saturated heterocycles. The van der Waals surface area contributed by atoms with Crippen LogP contribution in [-0.4, -0.2) is 22.2 Å². The average Bonchev–Trinajstić information content (AvgIpc) is 2.39. The SMILES string of the molecule is O=C(O)C1CCC([C@H]2CC[C@H](C(=O)O)CC2)CC1. The summed E-state index contributed by atoms with van der Waals surface area (Å²) in [6.07, 6.45) is 7.27. The summed E-state index contributed by atoms with van der Waals surface area (Å²) in [5.74, 6) is -0.315. The molecule has 0 aromatic carbocycles. The molecule has 0 aromatic rings. The number of hydrogen-bond donors (Lipinski definition) is 2. The summed E-state index contributed by atoms with van der Waals surface area (Å²) in [7, 11) is 0. The van der Waals surface area contributed by atoms with E-state index < -0.39 is 11.9 Å². The number of aliphatic carboxylic acids is 2. The molecule has 0 atom stereocenters. The minimum absolute atomic E-state index is 0.142. The van der Waals surface area contributed by atoms with Gasteiger partial charge < -0.3 is 10.2 Å². The molecule has 0 amide bonds. The summed E-state index contributed by atoms with van der Waals surface area (Å²) < 4.78 is 0. The molecule has 0 aliphatic heterocycles. The van der Waals surface area contributed by atoms with Gasteiger partial charge in [-0.15, -0.1) is 0 Å². The Kier molecular flexibility index (Phi) is 4.25. The second-order valence-corrected chi connectivity index (χ2v) is 5.90. The maximum atomic E-state index is 10.9. The lowest BCUT2D eigenvalue weighted by atomic mass is 9.69. The fraction of sp³-hybridized carbons (Fsp3) is 0.857. The van der Waals surface area contributed by atoms with E-state index in [0.717, 1.165) is 51.4 Å². The number of carbonyl (C=O) groups is 2. The third-order valence-electron chi connectivity index (χ3n) is 4.91. The highest BCUT2D eigenvalue weighted by Crippen LogP contribution is 2.41. The highest BCUT2D eigenvalue weighted by molar-refractivity contribution is 5.70. The van der Waals surface area contributed by atoms with Crippen LogP contribution in [0.25, 0.3) is 0 Å². The lowest BCUT2D eigenvalue weighted by Crippen LogP contribution is -2.29. The molecule has 4 heteroatoms. The predicted molar refractivity (Wildman–Crippen MR) is 66.2 cm³/mol. The molecule has 0 radical (unpaired) electrons. The van der Waals surface area contributed by atoms with Crippen molar-refractivity contribution in [1.29, 1.82) is 0 Å². The zero-order valence-electron chi connectivity index (χ0n) is 10.7. The van der Waals surface area contributed by atoms with Crippen LogP contribution in [0.15, 0.2) is 0 Å². The van der Waals surface area contributed by atoms with Crippen molar-refractivity contribution < 1.29 is 19.8 Å². The van der Waals surface area contributed by atoms with Gasteiger partial charge in [-0.2, -0.15) is 0 Å². The number of carboxylic acids is 2. The first-order chi connectivity index (χ1) is 8.58. The van der Waals surface area contributed by atoms with Gasteiger partial charge in [-0.1, -0.05) is 0 Å². The fourth-order valence-corrected chi connectivity index (χ4v) is 3.68. The van der Waals surface area contributed by atoms with Crippen molar-refractivity contribution in [3.63, 3.8) is 0 Å². The van der Waals surface area contributed by atoms with Gasteiger partial charge in [-0.3, -0.25) is 9.59 Å². The Bertz CT molecular complexity index is 278. The third kappa shape index (κ3) is 3.03. The molecule has 102 valence electrons. The maximum absolute atomic E-state index is 10.9. The van der Waals surface area contributed by atoms with Gasteiger partial charge in [0.2, 0.25) is 0 Å². The van der Waals surface area contributed by atoms with E-state index in [9.17, 15) is 9.59 Å². The first kappa shape index (κ1) is 13.4. The topological polar surface area (TPSA) is 74.6 Å². The van der Waals surface area contributed by atoms with Gasteiger partial charge in [0.15, 0.2) is 0 Å². The van der Waals surface area contributed by atoms with Crippen LogP contribution in [0.3, 0.4) is 0 Å². The Hall–Kier alpha value is -1.06. The summed E-state index contributed by atoms with van der Waals surface area (Å²) in [6.45, 7) is 0. The lowest BCUT2D eigenvalue weighted by molar-refractivity contribution is -0.145. The Morgan fingerprint density at radius 3 is 1.11 bits per heavy atom. The Labute approximate surface area is 107 Å². The standard InChI is InChI=1S/C14H22O4/c15-13(16)11-5-1-9(2-6-11)10-3-7-12(8-4-10)14(17)18/h9-12H,1-8H2,(H,15,16)(H,17,18)/t9-,10?,11-,12?. The van der Waals surface area contributed by atoms with Crippen LogP contribution in [0.2, 0.25) is 0 Å². The molecule has 0 heterocycles. The van der Waals surface area contributed by atoms with Crippen molar-refractivity contribution >= 4 is 11.9 Å². The van der Waals surface area contributed by atoms with E-state index in [1.807, 2.05) is 0 Å². The summed E-state index contributed by atoms with van der Waals surface area (Å²) in [5, 5.41) is 17.9. The molecule has 2 saturated carbocycles. The van der Waals surface area contributed by atoms with Crippen LogP contribution in [0.1, 0.15) is 51.4 Å². The third-order valence-corrected chi connectivity index (χ3v) is 4.91. The summed E-state index contributed by atoms with van der Waals surface area (Å²) in [4.78, 5) is 21.8. The smallest absolute Gasteiger partial charge is 0.306 e. The quantitative estimate of drug-likeness (QED) is 0.812. The molecule has 2 aliphatic rings. The van der Waals surface area contributed by atoms with Crippen LogP contribution in [0, 0.1) is 23.7 Å². The lowest BCUT2D eigenvalue weighted by Gasteiger charge is -2.36. The molecule has 0 aromatic heterocycles. The minimum Gasteiger partial charge on any atom is -0.481 e. The van der Waals surface area contributed by atoms with E-state index in [2.05, 4.69) is 0 Å². The molecule has 0 spiro atoms. The van der Waals surface area contributed by atoms with Gasteiger partial charge >= 0.3 is 11.9 Å². The van der Waals surface area contributed by atoms with Gasteiger partial charge in [-0.05, 0) is 63.2 Å². The fourth-order valence-electron chi connectivity index (χ4n) is 3.68. The second kappa shape index (κ2) is 5.72. The van der Waals surface area contributed by atoms with Crippen LogP contribution in [0.4, 0.5) is 0 Å². The highest BCUT2D eigenvalue weighted by atomic mass is 16.4. The van der Waals surface area contributed by atoms with Crippen LogP contribution in [0.5, 0.6) is 0 Å². The molecular weight excluding hydrogens is 232 g/mol. The van der Waals surface area contributed by atoms with Crippen molar-refractivity contribution in [2.24, 2.45) is 23.7 Å². The monoisotopic (exact) mass is 254 g/mol. The van der Waals surface area contributed by atoms with Gasteiger partial charge in [0.05, 0.1) is 11.8 Å². The van der Waals surface area contributed by atoms with E-state index in [1.54, 1.807) is 0 Å². The van der Waals surface area contributed by atoms with Crippen LogP contribution in [-0.2, 0) is 9.59 Å². The number of rotatable bonds is 3. The Morgan fingerprint density at radius 1 is 0.611 bits per heavy atom. The molecular formula is C14H22O4. The molecule has 2 aliphatic carbocycles. The average molecular weight is 254 g/mol. The predicted octanol–water partition coefficient (Wildman–Crippen LogP) is 2.77. The van der Waals surface area contributed by atoms with E-state index in [-0.39, 0.29) is 11.8 Å². The van der Waals surface area contributed by atoms with E-state index >= 15 is 0 Å². The van der Waals surface area contributed by atoms with E-state index in [0.29, 0.717) is 11.8 Å². The normalized spacial score (nSPS) is 37.1. The second-order valence-electron chi connectivity index (χ2n) is 5.90. The summed E-state index contributed by atoms with van der Waals surface area (Å²) in [5.41, 5.74) is 0. The minimum atomic E-state index is -0.650. The largest absolute Gasteiger partial charge is 0.481 e. The van der Waals surface area contributed by atoms with Crippen molar-refractivity contribution in [1.82, 2.24) is 0 Å². The zero-order chi connectivity index (χ0) is 13.1. The van der Waals surface area contributed by atoms with Gasteiger partial charge in [0, 0.05) is 0 Å². The molecule has 0 unspecified atom stereocenters. The van der Waals surface area contributed by atoms with Crippen LogP contribution >= 0.6 is 0 Å². The number of hydrogen-bond acceptors (Lipinski definition) is 2. The van der Waals surface area contributed by atoms with Crippen LogP contribution < -0.4 is 0 Å². The Morgan fingerprint density at radius 2 is 0.889 bits per heavy atom. The first-order valence-corrected chi connectivity index (χ1v) is 7.03. The van der Waals surface area contributed by atoms with E-state index in [1.165, 1.54) is 0 Å². The van der Waals surface area contributed by atoms with Gasteiger partial charge in [0.25, 0.3) is 0 Å². The number of carboxylic acid groups (broad SMARTS) is 2. The van der Waals surface area contributed by atoms with Gasteiger partial charge in [0.1, 0.15) is 0 Å². The molecule has 18 heavy (non-hydrogen) atoms. The van der Waals surface area contributed by atoms with E-state index in [4.69, 9.17) is 10.2 Å². The molecule has 0 bridgehead atoms. The first-order valence-electron chi connectivity index (χ1n) is 7.03. The maximum Gasteiger partial charge on any atom is 0.306 e. The molecule has 2 rings (SSSR count). The summed E-state index contributed by atoms with van der Waals surface area (Å²) in [6, 6.07) is 0. The summed E-state index contributed by atoms with van der Waals surface area (Å²) >= 11 is 0. The van der Waals surface area contributed by atoms with Crippen molar-refractivity contribution in [3.05, 3.63) is 0 Å². The van der Waals surface area contributed by atoms with Crippen molar-refractivity contribution in [3.8, 4) is 0 Å². The highest BCUT2D eigenvalue weighted by Gasteiger charge is 2.34. The molecule has 2 N–H and O–H groups in total. The Balaban J connectivity index is 1.78. The van der Waals surface area contributed by atoms with Crippen molar-refractivity contribution in [2.75, 3.05) is 0 Å². The zero-order valence-corrected chi connectivity index (χ0v) is 10.7. The van der Waals surface area contributed by atoms with Gasteiger partial charge in [-0.25, -0.2) is 0 Å². The molecule has 2 fully saturated rings.